The van der Waals surface area contributed by atoms with Gasteiger partial charge in [-0.3, -0.25) is 0 Å². The van der Waals surface area contributed by atoms with Gasteiger partial charge in [0, 0.05) is 17.5 Å². The van der Waals surface area contributed by atoms with Gasteiger partial charge < -0.3 is 0 Å². The molecule has 1 aromatic heterocycles. The fraction of sp³-hybridized carbons (Fsp3) is 0.571. The predicted molar refractivity (Wildman–Crippen MR) is 38.7 cm³/mol. The summed E-state index contributed by atoms with van der Waals surface area (Å²) in [5.74, 6) is 0.824. The summed E-state index contributed by atoms with van der Waals surface area (Å²) in [4.78, 5) is 4.26. The zero-order valence-corrected chi connectivity index (χ0v) is 6.03. The minimum absolute atomic E-state index is 0.824. The van der Waals surface area contributed by atoms with Crippen LogP contribution in [0.3, 0.4) is 0 Å². The number of hydrogen-bond donors (Lipinski definition) is 0. The maximum absolute atomic E-state index is 4.26. The Kier molecular flexibility index (Phi) is 1.27. The third-order valence-electron chi connectivity index (χ3n) is 1.91. The maximum atomic E-state index is 4.26. The van der Waals surface area contributed by atoms with E-state index in [2.05, 4.69) is 10.4 Å². The molecule has 1 nitrogen and oxygen atoms in total. The number of aromatic nitrogens is 1. The average Bonchev–Trinajstić information content (AvgIpc) is 2.11. The first-order valence-corrected chi connectivity index (χ1v) is 4.24. The van der Waals surface area contributed by atoms with Crippen LogP contribution in [-0.4, -0.2) is 4.98 Å². The van der Waals surface area contributed by atoms with Crippen molar-refractivity contribution in [2.45, 2.75) is 25.2 Å². The summed E-state index contributed by atoms with van der Waals surface area (Å²) in [6, 6.07) is 0. The van der Waals surface area contributed by atoms with Crippen molar-refractivity contribution >= 4 is 11.3 Å². The van der Waals surface area contributed by atoms with Crippen LogP contribution >= 0.6 is 11.3 Å². The van der Waals surface area contributed by atoms with Crippen molar-refractivity contribution in [3.63, 3.8) is 0 Å². The van der Waals surface area contributed by atoms with Crippen LogP contribution in [0.4, 0.5) is 0 Å². The Morgan fingerprint density at radius 1 is 1.56 bits per heavy atom. The van der Waals surface area contributed by atoms with E-state index in [-0.39, 0.29) is 0 Å². The quantitative estimate of drug-likeness (QED) is 0.582. The van der Waals surface area contributed by atoms with E-state index in [4.69, 9.17) is 0 Å². The van der Waals surface area contributed by atoms with Crippen LogP contribution in [0.25, 0.3) is 0 Å². The Morgan fingerprint density at radius 3 is 2.89 bits per heavy atom. The molecule has 2 rings (SSSR count). The molecule has 1 heterocycles. The molecule has 2 heteroatoms. The van der Waals surface area contributed by atoms with E-state index in [0.29, 0.717) is 0 Å². The molecular formula is C7H9NS. The molecule has 0 unspecified atom stereocenters. The van der Waals surface area contributed by atoms with Gasteiger partial charge in [-0.25, -0.2) is 4.98 Å². The molecule has 9 heavy (non-hydrogen) atoms. The average molecular weight is 139 g/mol. The van der Waals surface area contributed by atoms with Crippen LogP contribution in [0.5, 0.6) is 0 Å². The van der Waals surface area contributed by atoms with Gasteiger partial charge in [-0.05, 0) is 12.8 Å². The molecule has 1 aromatic rings. The second kappa shape index (κ2) is 2.10. The molecule has 1 aliphatic carbocycles. The van der Waals surface area contributed by atoms with E-state index in [9.17, 15) is 0 Å². The molecule has 0 aromatic carbocycles. The standard InChI is InChI=1S/C7H9NS/c1-2-6(3-1)7-8-4-5-9-7/h4-6H,1-3H2. The summed E-state index contributed by atoms with van der Waals surface area (Å²) in [6.07, 6.45) is 6.05. The second-order valence-electron chi connectivity index (χ2n) is 2.50. The largest absolute Gasteiger partial charge is 0.249 e. The first-order chi connectivity index (χ1) is 4.47. The summed E-state index contributed by atoms with van der Waals surface area (Å²) in [7, 11) is 0. The van der Waals surface area contributed by atoms with E-state index in [1.54, 1.807) is 11.3 Å². The van der Waals surface area contributed by atoms with Gasteiger partial charge in [0.1, 0.15) is 0 Å². The lowest BCUT2D eigenvalue weighted by Crippen LogP contribution is -2.07. The molecule has 0 saturated heterocycles. The molecule has 0 N–H and O–H groups in total. The molecule has 0 spiro atoms. The van der Waals surface area contributed by atoms with Gasteiger partial charge in [0.2, 0.25) is 0 Å². The van der Waals surface area contributed by atoms with Crippen molar-refractivity contribution in [2.24, 2.45) is 0 Å². The smallest absolute Gasteiger partial charge is 0.0955 e. The molecule has 1 fully saturated rings. The molecule has 0 bridgehead atoms. The van der Waals surface area contributed by atoms with Crippen molar-refractivity contribution in [2.75, 3.05) is 0 Å². The fourth-order valence-electron chi connectivity index (χ4n) is 1.09. The molecule has 48 valence electrons. The number of rotatable bonds is 1. The highest BCUT2D eigenvalue weighted by Crippen LogP contribution is 2.36. The number of nitrogens with zero attached hydrogens (tertiary/aromatic N) is 1. The van der Waals surface area contributed by atoms with Crippen LogP contribution in [-0.2, 0) is 0 Å². The maximum Gasteiger partial charge on any atom is 0.0955 e. The van der Waals surface area contributed by atoms with Crippen LogP contribution in [0.15, 0.2) is 11.6 Å². The Morgan fingerprint density at radius 2 is 2.44 bits per heavy atom. The summed E-state index contributed by atoms with van der Waals surface area (Å²) in [5, 5.41) is 3.41. The van der Waals surface area contributed by atoms with E-state index in [1.165, 1.54) is 24.3 Å². The van der Waals surface area contributed by atoms with Crippen LogP contribution < -0.4 is 0 Å². The highest BCUT2D eigenvalue weighted by atomic mass is 32.1. The molecule has 0 amide bonds. The first kappa shape index (κ1) is 5.42. The number of hydrogen-bond acceptors (Lipinski definition) is 2. The van der Waals surface area contributed by atoms with Crippen molar-refractivity contribution < 1.29 is 0 Å². The third kappa shape index (κ3) is 0.874. The zero-order chi connectivity index (χ0) is 6.10. The topological polar surface area (TPSA) is 12.9 Å². The SMILES string of the molecule is c1csc(C2CCC2)n1. The van der Waals surface area contributed by atoms with Crippen LogP contribution in [0.1, 0.15) is 30.2 Å². The molecule has 0 aliphatic heterocycles. The van der Waals surface area contributed by atoms with E-state index >= 15 is 0 Å². The Labute approximate surface area is 58.7 Å². The summed E-state index contributed by atoms with van der Waals surface area (Å²) in [5.41, 5.74) is 0. The van der Waals surface area contributed by atoms with Gasteiger partial charge in [0.05, 0.1) is 5.01 Å². The Balaban J connectivity index is 2.14. The molecule has 1 saturated carbocycles. The molecule has 1 aliphatic rings. The van der Waals surface area contributed by atoms with Gasteiger partial charge in [0.15, 0.2) is 0 Å². The normalized spacial score (nSPS) is 19.6. The minimum Gasteiger partial charge on any atom is -0.249 e. The van der Waals surface area contributed by atoms with Crippen molar-refractivity contribution in [1.82, 2.24) is 4.98 Å². The van der Waals surface area contributed by atoms with E-state index < -0.39 is 0 Å². The van der Waals surface area contributed by atoms with Gasteiger partial charge in [-0.2, -0.15) is 0 Å². The van der Waals surface area contributed by atoms with Crippen molar-refractivity contribution in [3.05, 3.63) is 16.6 Å². The van der Waals surface area contributed by atoms with Crippen molar-refractivity contribution in [1.29, 1.82) is 0 Å². The number of thiazole rings is 1. The fourth-order valence-corrected chi connectivity index (χ4v) is 1.90. The molecule has 0 radical (unpaired) electrons. The molecule has 0 atom stereocenters. The Hall–Kier alpha value is -0.370. The van der Waals surface area contributed by atoms with Crippen LogP contribution in [0, 0.1) is 0 Å². The van der Waals surface area contributed by atoms with Crippen LogP contribution in [0.2, 0.25) is 0 Å². The van der Waals surface area contributed by atoms with Gasteiger partial charge in [-0.1, -0.05) is 6.42 Å². The molecular weight excluding hydrogens is 130 g/mol. The summed E-state index contributed by atoms with van der Waals surface area (Å²) < 4.78 is 0. The van der Waals surface area contributed by atoms with Gasteiger partial charge in [-0.15, -0.1) is 11.3 Å². The Bertz CT molecular complexity index is 177. The van der Waals surface area contributed by atoms with Gasteiger partial charge >= 0.3 is 0 Å². The summed E-state index contributed by atoms with van der Waals surface area (Å²) in [6.45, 7) is 0. The van der Waals surface area contributed by atoms with Crippen molar-refractivity contribution in [3.8, 4) is 0 Å². The van der Waals surface area contributed by atoms with E-state index in [1.807, 2.05) is 6.20 Å². The highest BCUT2D eigenvalue weighted by molar-refractivity contribution is 7.09. The predicted octanol–water partition coefficient (Wildman–Crippen LogP) is 2.41. The summed E-state index contributed by atoms with van der Waals surface area (Å²) >= 11 is 1.80. The lowest BCUT2D eigenvalue weighted by molar-refractivity contribution is 0.418. The monoisotopic (exact) mass is 139 g/mol. The minimum atomic E-state index is 0.824. The zero-order valence-electron chi connectivity index (χ0n) is 5.21. The highest BCUT2D eigenvalue weighted by Gasteiger charge is 2.20. The second-order valence-corrected chi connectivity index (χ2v) is 3.42. The third-order valence-corrected chi connectivity index (χ3v) is 2.84. The van der Waals surface area contributed by atoms with Gasteiger partial charge in [0.25, 0.3) is 0 Å². The first-order valence-electron chi connectivity index (χ1n) is 3.36. The lowest BCUT2D eigenvalue weighted by atomic mass is 9.86. The van der Waals surface area contributed by atoms with E-state index in [0.717, 1.165) is 5.92 Å². The lowest BCUT2D eigenvalue weighted by Gasteiger charge is -2.22.